The molecule has 0 aliphatic heterocycles. The number of aliphatic hydroxyl groups is 1. The third-order valence-corrected chi connectivity index (χ3v) is 2.69. The maximum atomic E-state index is 9.33. The zero-order valence-corrected chi connectivity index (χ0v) is 9.93. The molecule has 0 saturated carbocycles. The zero-order valence-electron chi connectivity index (χ0n) is 9.17. The summed E-state index contributed by atoms with van der Waals surface area (Å²) in [5, 5.41) is 13.7. The lowest BCUT2D eigenvalue weighted by atomic mass is 10.2. The van der Waals surface area contributed by atoms with Crippen molar-refractivity contribution in [1.29, 1.82) is 0 Å². The van der Waals surface area contributed by atoms with E-state index >= 15 is 0 Å². The van der Waals surface area contributed by atoms with E-state index in [1.54, 1.807) is 19.1 Å². The Labute approximate surface area is 103 Å². The van der Waals surface area contributed by atoms with Crippen LogP contribution in [0.5, 0.6) is 0 Å². The number of benzene rings is 1. The maximum Gasteiger partial charge on any atom is 0.246 e. The van der Waals surface area contributed by atoms with E-state index in [-0.39, 0.29) is 5.89 Å². The number of hydrogen-bond acceptors (Lipinski definition) is 5. The topological polar surface area (TPSA) is 85.2 Å². The molecule has 3 N–H and O–H groups in total. The van der Waals surface area contributed by atoms with Crippen molar-refractivity contribution < 1.29 is 9.63 Å². The molecule has 0 spiro atoms. The minimum absolute atomic E-state index is 0.190. The van der Waals surface area contributed by atoms with Gasteiger partial charge in [-0.05, 0) is 19.1 Å². The quantitative estimate of drug-likeness (QED) is 0.871. The first kappa shape index (κ1) is 12.0. The summed E-state index contributed by atoms with van der Waals surface area (Å²) < 4.78 is 4.99. The van der Waals surface area contributed by atoms with Crippen molar-refractivity contribution in [3.63, 3.8) is 0 Å². The first-order chi connectivity index (χ1) is 8.09. The molecule has 1 heterocycles. The molecule has 5 nitrogen and oxygen atoms in total. The van der Waals surface area contributed by atoms with Gasteiger partial charge in [0.25, 0.3) is 0 Å². The number of halogens is 1. The van der Waals surface area contributed by atoms with Crippen molar-refractivity contribution in [1.82, 2.24) is 10.1 Å². The second kappa shape index (κ2) is 4.83. The van der Waals surface area contributed by atoms with Crippen LogP contribution in [-0.4, -0.2) is 21.4 Å². The number of hydrogen-bond donors (Lipinski definition) is 2. The van der Waals surface area contributed by atoms with E-state index in [2.05, 4.69) is 10.1 Å². The van der Waals surface area contributed by atoms with Crippen molar-refractivity contribution >= 4 is 11.6 Å². The van der Waals surface area contributed by atoms with Crippen LogP contribution in [0.15, 0.2) is 28.8 Å². The molecule has 0 bridgehead atoms. The summed E-state index contributed by atoms with van der Waals surface area (Å²) in [6, 6.07) is 6.46. The van der Waals surface area contributed by atoms with Gasteiger partial charge in [-0.25, -0.2) is 0 Å². The molecule has 1 aromatic heterocycles. The monoisotopic (exact) mass is 253 g/mol. The second-order valence-corrected chi connectivity index (χ2v) is 4.11. The molecule has 90 valence electrons. The number of nitrogens with zero attached hydrogens (tertiary/aromatic N) is 2. The van der Waals surface area contributed by atoms with Crippen molar-refractivity contribution in [2.75, 3.05) is 0 Å². The van der Waals surface area contributed by atoms with Crippen LogP contribution in [-0.2, 0) is 0 Å². The van der Waals surface area contributed by atoms with Gasteiger partial charge in [-0.2, -0.15) is 4.98 Å². The van der Waals surface area contributed by atoms with E-state index in [1.165, 1.54) is 0 Å². The largest absolute Gasteiger partial charge is 0.391 e. The molecule has 0 saturated heterocycles. The summed E-state index contributed by atoms with van der Waals surface area (Å²) in [4.78, 5) is 4.12. The Balaban J connectivity index is 2.34. The van der Waals surface area contributed by atoms with E-state index in [9.17, 15) is 5.11 Å². The predicted octanol–water partition coefficient (Wildman–Crippen LogP) is 1.77. The molecule has 0 aliphatic rings. The Hall–Kier alpha value is -1.43. The van der Waals surface area contributed by atoms with Crippen molar-refractivity contribution in [2.45, 2.75) is 19.1 Å². The van der Waals surface area contributed by atoms with Crippen LogP contribution in [0.2, 0.25) is 5.02 Å². The van der Waals surface area contributed by atoms with Gasteiger partial charge in [-0.1, -0.05) is 28.9 Å². The molecular formula is C11H12ClN3O2. The molecule has 0 fully saturated rings. The number of nitrogens with two attached hydrogens (primary N) is 1. The van der Waals surface area contributed by atoms with E-state index in [0.29, 0.717) is 16.4 Å². The third-order valence-electron chi connectivity index (χ3n) is 2.36. The lowest BCUT2D eigenvalue weighted by Gasteiger charge is -2.08. The van der Waals surface area contributed by atoms with Gasteiger partial charge < -0.3 is 15.4 Å². The molecule has 1 aromatic carbocycles. The highest BCUT2D eigenvalue weighted by Gasteiger charge is 2.20. The van der Waals surface area contributed by atoms with Crippen LogP contribution < -0.4 is 5.73 Å². The van der Waals surface area contributed by atoms with Crippen LogP contribution in [0.3, 0.4) is 0 Å². The molecule has 2 atom stereocenters. The van der Waals surface area contributed by atoms with Crippen molar-refractivity contribution in [3.8, 4) is 11.4 Å². The molecule has 2 rings (SSSR count). The van der Waals surface area contributed by atoms with Gasteiger partial charge in [0.1, 0.15) is 6.04 Å². The van der Waals surface area contributed by atoms with E-state index < -0.39 is 12.1 Å². The van der Waals surface area contributed by atoms with Crippen molar-refractivity contribution in [2.24, 2.45) is 5.73 Å². The van der Waals surface area contributed by atoms with Crippen molar-refractivity contribution in [3.05, 3.63) is 35.2 Å². The lowest BCUT2D eigenvalue weighted by molar-refractivity contribution is 0.146. The molecule has 6 heteroatoms. The number of aliphatic hydroxyl groups excluding tert-OH is 1. The average Bonchev–Trinajstić information content (AvgIpc) is 2.77. The highest BCUT2D eigenvalue weighted by atomic mass is 35.5. The Morgan fingerprint density at radius 2 is 2.12 bits per heavy atom. The summed E-state index contributed by atoms with van der Waals surface area (Å²) in [6.07, 6.45) is -0.755. The molecule has 0 aliphatic carbocycles. The first-order valence-corrected chi connectivity index (χ1v) is 5.49. The minimum atomic E-state index is -0.755. The fourth-order valence-corrected chi connectivity index (χ4v) is 1.55. The number of rotatable bonds is 3. The standard InChI is InChI=1S/C11H12ClN3O2/c1-6(16)9(13)11-14-10(15-17-11)7-4-2-3-5-8(7)12/h2-6,9,16H,13H2,1H3/t6-,9+/m1/s1. The highest BCUT2D eigenvalue weighted by molar-refractivity contribution is 6.33. The molecule has 2 aromatic rings. The van der Waals surface area contributed by atoms with Gasteiger partial charge in [0.2, 0.25) is 11.7 Å². The van der Waals surface area contributed by atoms with Crippen LogP contribution in [0, 0.1) is 0 Å². The SMILES string of the molecule is C[C@@H](O)[C@H](N)c1nc(-c2ccccc2Cl)no1. The zero-order chi connectivity index (χ0) is 12.4. The first-order valence-electron chi connectivity index (χ1n) is 5.11. The average molecular weight is 254 g/mol. The van der Waals surface area contributed by atoms with Gasteiger partial charge in [-0.15, -0.1) is 0 Å². The summed E-state index contributed by atoms with van der Waals surface area (Å²) in [5.74, 6) is 0.552. The summed E-state index contributed by atoms with van der Waals surface area (Å²) in [5.41, 5.74) is 6.36. The van der Waals surface area contributed by atoms with Gasteiger partial charge in [0, 0.05) is 5.56 Å². The van der Waals surface area contributed by atoms with Gasteiger partial charge in [0.05, 0.1) is 11.1 Å². The minimum Gasteiger partial charge on any atom is -0.391 e. The smallest absolute Gasteiger partial charge is 0.246 e. The Bertz CT molecular complexity index is 513. The molecule has 0 radical (unpaired) electrons. The summed E-state index contributed by atoms with van der Waals surface area (Å²) in [6.45, 7) is 1.56. The van der Waals surface area contributed by atoms with Gasteiger partial charge in [-0.3, -0.25) is 0 Å². The molecule has 17 heavy (non-hydrogen) atoms. The van der Waals surface area contributed by atoms with Crippen LogP contribution in [0.4, 0.5) is 0 Å². The molecule has 0 unspecified atom stereocenters. The van der Waals surface area contributed by atoms with Gasteiger partial charge in [0.15, 0.2) is 0 Å². The van der Waals surface area contributed by atoms with Gasteiger partial charge >= 0.3 is 0 Å². The normalized spacial score (nSPS) is 14.6. The van der Waals surface area contributed by atoms with Crippen LogP contribution in [0.25, 0.3) is 11.4 Å². The second-order valence-electron chi connectivity index (χ2n) is 3.70. The van der Waals surface area contributed by atoms with Crippen LogP contribution in [0.1, 0.15) is 18.9 Å². The Kier molecular flexibility index (Phi) is 3.42. The lowest BCUT2D eigenvalue weighted by Crippen LogP contribution is -2.23. The molecule has 0 amide bonds. The summed E-state index contributed by atoms with van der Waals surface area (Å²) >= 11 is 6.01. The maximum absolute atomic E-state index is 9.33. The van der Waals surface area contributed by atoms with E-state index in [0.717, 1.165) is 0 Å². The third kappa shape index (κ3) is 2.46. The Morgan fingerprint density at radius 1 is 1.41 bits per heavy atom. The number of aromatic nitrogens is 2. The fourth-order valence-electron chi connectivity index (χ4n) is 1.33. The van der Waals surface area contributed by atoms with E-state index in [1.807, 2.05) is 12.1 Å². The predicted molar refractivity (Wildman–Crippen MR) is 63.4 cm³/mol. The summed E-state index contributed by atoms with van der Waals surface area (Å²) in [7, 11) is 0. The highest BCUT2D eigenvalue weighted by Crippen LogP contribution is 2.26. The Morgan fingerprint density at radius 3 is 2.76 bits per heavy atom. The van der Waals surface area contributed by atoms with Crippen LogP contribution >= 0.6 is 11.6 Å². The molecular weight excluding hydrogens is 242 g/mol. The fraction of sp³-hybridized carbons (Fsp3) is 0.273. The van der Waals surface area contributed by atoms with E-state index in [4.69, 9.17) is 21.9 Å².